The van der Waals surface area contributed by atoms with Crippen LogP contribution >= 0.6 is 0 Å². The van der Waals surface area contributed by atoms with Crippen LogP contribution in [0.15, 0.2) is 0 Å². The van der Waals surface area contributed by atoms with Gasteiger partial charge in [0.2, 0.25) is 11.7 Å². The lowest BCUT2D eigenvalue weighted by Crippen LogP contribution is -2.65. The van der Waals surface area contributed by atoms with Gasteiger partial charge in [-0.2, -0.15) is 15.8 Å². The first-order chi connectivity index (χ1) is 7.47. The second-order valence-corrected chi connectivity index (χ2v) is 4.18. The van der Waals surface area contributed by atoms with Crippen molar-refractivity contribution in [3.63, 3.8) is 0 Å². The van der Waals surface area contributed by atoms with Gasteiger partial charge in [-0.25, -0.2) is 0 Å². The molecule has 0 spiro atoms. The van der Waals surface area contributed by atoms with Crippen LogP contribution in [0.25, 0.3) is 0 Å². The maximum atomic E-state index is 9.17. The van der Waals surface area contributed by atoms with Crippen molar-refractivity contribution < 1.29 is 9.47 Å². The van der Waals surface area contributed by atoms with Crippen LogP contribution in [0.5, 0.6) is 0 Å². The minimum Gasteiger partial charge on any atom is -0.448 e. The van der Waals surface area contributed by atoms with Crippen LogP contribution in [-0.2, 0) is 9.47 Å². The minimum absolute atomic E-state index is 0.0249. The van der Waals surface area contributed by atoms with E-state index in [0.29, 0.717) is 0 Å². The number of ether oxygens (including phenoxy) is 2. The lowest BCUT2D eigenvalue weighted by molar-refractivity contribution is -0.272. The van der Waals surface area contributed by atoms with Crippen molar-refractivity contribution in [1.82, 2.24) is 0 Å². The van der Waals surface area contributed by atoms with E-state index in [1.807, 2.05) is 18.2 Å². The van der Waals surface area contributed by atoms with Crippen LogP contribution in [0.3, 0.4) is 0 Å². The van der Waals surface area contributed by atoms with Crippen molar-refractivity contribution in [3.8, 4) is 18.2 Å². The van der Waals surface area contributed by atoms with E-state index in [9.17, 15) is 0 Å². The molecule has 0 amide bonds. The molecule has 0 radical (unpaired) electrons. The van der Waals surface area contributed by atoms with Gasteiger partial charge in [0.05, 0.1) is 24.8 Å². The number of nitrogens with one attached hydrogen (secondary N) is 1. The first kappa shape index (κ1) is 10.4. The van der Waals surface area contributed by atoms with Crippen molar-refractivity contribution >= 4 is 5.90 Å². The van der Waals surface area contributed by atoms with Crippen LogP contribution < -0.4 is 0 Å². The number of fused-ring (bicyclic) bond motifs is 3. The molecule has 16 heavy (non-hydrogen) atoms. The molecule has 3 heterocycles. The summed E-state index contributed by atoms with van der Waals surface area (Å²) in [6.45, 7) is 1.41. The Morgan fingerprint density at radius 3 is 2.31 bits per heavy atom. The molecule has 2 atom stereocenters. The van der Waals surface area contributed by atoms with E-state index in [1.165, 1.54) is 0 Å². The van der Waals surface area contributed by atoms with Crippen LogP contribution in [0.4, 0.5) is 0 Å². The van der Waals surface area contributed by atoms with Crippen molar-refractivity contribution in [2.45, 2.75) is 19.1 Å². The molecule has 0 aromatic carbocycles. The number of hydrogen-bond donors (Lipinski definition) is 1. The molecular weight excluding hydrogens is 208 g/mol. The van der Waals surface area contributed by atoms with Crippen molar-refractivity contribution in [2.75, 3.05) is 6.61 Å². The largest absolute Gasteiger partial charge is 0.448 e. The molecule has 0 aromatic rings. The number of rotatable bonds is 0. The zero-order valence-electron chi connectivity index (χ0n) is 8.57. The molecule has 3 aliphatic heterocycles. The fourth-order valence-corrected chi connectivity index (χ4v) is 2.17. The monoisotopic (exact) mass is 216 g/mol. The zero-order chi connectivity index (χ0) is 12.0. The lowest BCUT2D eigenvalue weighted by Gasteiger charge is -2.53. The Balaban J connectivity index is 2.66. The molecule has 80 valence electrons. The highest BCUT2D eigenvalue weighted by atomic mass is 16.7. The normalized spacial score (nSPS) is 39.0. The number of hydrogen-bond acceptors (Lipinski definition) is 6. The maximum Gasteiger partial charge on any atom is 0.211 e. The third kappa shape index (κ3) is 0.888. The van der Waals surface area contributed by atoms with E-state index in [-0.39, 0.29) is 18.9 Å². The molecule has 0 aliphatic carbocycles. The SMILES string of the molecule is C[C@@]12CC(C#N)(C#N)[C@@](C#N)(CO1)C(=N)O2. The highest BCUT2D eigenvalue weighted by molar-refractivity contribution is 5.87. The van der Waals surface area contributed by atoms with Gasteiger partial charge in [0.25, 0.3) is 0 Å². The van der Waals surface area contributed by atoms with Gasteiger partial charge >= 0.3 is 0 Å². The molecule has 6 heteroatoms. The van der Waals surface area contributed by atoms with Crippen molar-refractivity contribution in [1.29, 1.82) is 21.2 Å². The van der Waals surface area contributed by atoms with Gasteiger partial charge < -0.3 is 9.47 Å². The molecule has 2 bridgehead atoms. The molecule has 3 saturated heterocycles. The van der Waals surface area contributed by atoms with E-state index in [4.69, 9.17) is 30.7 Å². The average molecular weight is 216 g/mol. The topological polar surface area (TPSA) is 114 Å². The van der Waals surface area contributed by atoms with Crippen LogP contribution in [-0.4, -0.2) is 18.3 Å². The molecule has 3 rings (SSSR count). The Kier molecular flexibility index (Phi) is 1.77. The maximum absolute atomic E-state index is 9.17. The van der Waals surface area contributed by atoms with Gasteiger partial charge in [0, 0.05) is 13.3 Å². The molecule has 3 aliphatic rings. The summed E-state index contributed by atoms with van der Waals surface area (Å²) in [6, 6.07) is 5.57. The van der Waals surface area contributed by atoms with Gasteiger partial charge in [-0.1, -0.05) is 0 Å². The zero-order valence-corrected chi connectivity index (χ0v) is 8.57. The molecule has 0 saturated carbocycles. The Labute approximate surface area is 92.1 Å². The Morgan fingerprint density at radius 1 is 1.25 bits per heavy atom. The van der Waals surface area contributed by atoms with E-state index in [0.717, 1.165) is 0 Å². The highest BCUT2D eigenvalue weighted by Gasteiger charge is 2.70. The van der Waals surface area contributed by atoms with E-state index >= 15 is 0 Å². The molecular formula is C10H8N4O2. The summed E-state index contributed by atoms with van der Waals surface area (Å²) in [6.07, 6.45) is -0.0249. The fourth-order valence-electron chi connectivity index (χ4n) is 2.17. The Bertz CT molecular complexity index is 480. The summed E-state index contributed by atoms with van der Waals surface area (Å²) in [5.74, 6) is -1.50. The summed E-state index contributed by atoms with van der Waals surface area (Å²) in [5.41, 5.74) is -3.17. The van der Waals surface area contributed by atoms with Gasteiger partial charge in [-0.15, -0.1) is 0 Å². The van der Waals surface area contributed by atoms with E-state index in [2.05, 4.69) is 0 Å². The third-order valence-corrected chi connectivity index (χ3v) is 3.19. The van der Waals surface area contributed by atoms with Crippen LogP contribution in [0.1, 0.15) is 13.3 Å². The standard InChI is InChI=1S/C10H8N4O2/c1-8-2-9(3-11,4-12)10(5-13,6-15-8)7(14)16-8/h14H,2,6H2,1H3/t8-,10+/m1/s1. The predicted octanol–water partition coefficient (Wildman–Crippen LogP) is 0.674. The molecule has 1 N–H and O–H groups in total. The highest BCUT2D eigenvalue weighted by Crippen LogP contribution is 2.55. The summed E-state index contributed by atoms with van der Waals surface area (Å²) in [5, 5.41) is 35.2. The molecule has 3 fully saturated rings. The first-order valence-electron chi connectivity index (χ1n) is 4.63. The van der Waals surface area contributed by atoms with Gasteiger partial charge in [0.1, 0.15) is 0 Å². The second kappa shape index (κ2) is 2.72. The minimum atomic E-state index is -1.60. The van der Waals surface area contributed by atoms with E-state index in [1.54, 1.807) is 6.92 Å². The number of nitriles is 3. The quantitative estimate of drug-likeness (QED) is 0.639. The average Bonchev–Trinajstić information content (AvgIpc) is 2.28. The molecule has 0 aromatic heterocycles. The van der Waals surface area contributed by atoms with Crippen molar-refractivity contribution in [2.24, 2.45) is 10.8 Å². The first-order valence-corrected chi connectivity index (χ1v) is 4.63. The summed E-state index contributed by atoms with van der Waals surface area (Å²) in [7, 11) is 0. The Morgan fingerprint density at radius 2 is 1.88 bits per heavy atom. The van der Waals surface area contributed by atoms with Gasteiger partial charge in [0.15, 0.2) is 10.8 Å². The predicted molar refractivity (Wildman–Crippen MR) is 49.5 cm³/mol. The summed E-state index contributed by atoms with van der Waals surface area (Å²) in [4.78, 5) is 0. The Hall–Kier alpha value is -2.10. The smallest absolute Gasteiger partial charge is 0.211 e. The van der Waals surface area contributed by atoms with Crippen molar-refractivity contribution in [3.05, 3.63) is 0 Å². The van der Waals surface area contributed by atoms with Crippen LogP contribution in [0.2, 0.25) is 0 Å². The summed E-state index contributed by atoms with van der Waals surface area (Å²) >= 11 is 0. The lowest BCUT2D eigenvalue weighted by atomic mass is 9.59. The van der Waals surface area contributed by atoms with Gasteiger partial charge in [-0.05, 0) is 0 Å². The molecule has 6 nitrogen and oxygen atoms in total. The van der Waals surface area contributed by atoms with Gasteiger partial charge in [-0.3, -0.25) is 5.41 Å². The second-order valence-electron chi connectivity index (χ2n) is 4.18. The number of nitrogens with zero attached hydrogens (tertiary/aromatic N) is 3. The third-order valence-electron chi connectivity index (χ3n) is 3.19. The fraction of sp³-hybridized carbons (Fsp3) is 0.600. The van der Waals surface area contributed by atoms with E-state index < -0.39 is 16.6 Å². The summed E-state index contributed by atoms with van der Waals surface area (Å²) < 4.78 is 10.5. The van der Waals surface area contributed by atoms with Crippen LogP contribution in [0, 0.1) is 50.2 Å². The molecule has 0 unspecified atom stereocenters.